The molecule has 0 aliphatic rings. The summed E-state index contributed by atoms with van der Waals surface area (Å²) < 4.78 is 0. The van der Waals surface area contributed by atoms with E-state index >= 15 is 0 Å². The fourth-order valence-electron chi connectivity index (χ4n) is 0.819. The maximum Gasteiger partial charge on any atom is 0.303 e. The van der Waals surface area contributed by atoms with E-state index in [2.05, 4.69) is 5.32 Å². The zero-order valence-electron chi connectivity index (χ0n) is 6.76. The Balaban J connectivity index is 3.70. The second-order valence-corrected chi connectivity index (χ2v) is 2.38. The first-order valence-electron chi connectivity index (χ1n) is 3.47. The lowest BCUT2D eigenvalue weighted by molar-refractivity contribution is -0.137. The number of nitrogens with one attached hydrogen (secondary N) is 1. The molecular formula is C7H13NO3. The second-order valence-electron chi connectivity index (χ2n) is 2.38. The van der Waals surface area contributed by atoms with Gasteiger partial charge in [-0.2, -0.15) is 0 Å². The van der Waals surface area contributed by atoms with Crippen molar-refractivity contribution in [1.29, 1.82) is 0 Å². The van der Waals surface area contributed by atoms with Crippen LogP contribution in [0.25, 0.3) is 0 Å². The minimum atomic E-state index is -0.869. The van der Waals surface area contributed by atoms with E-state index in [4.69, 9.17) is 5.11 Å². The van der Waals surface area contributed by atoms with Crippen molar-refractivity contribution < 1.29 is 14.7 Å². The second kappa shape index (κ2) is 4.85. The van der Waals surface area contributed by atoms with E-state index in [-0.39, 0.29) is 18.2 Å². The van der Waals surface area contributed by atoms with Crippen molar-refractivity contribution in [3.63, 3.8) is 0 Å². The summed E-state index contributed by atoms with van der Waals surface area (Å²) in [5, 5.41) is 11.0. The normalized spacial score (nSPS) is 12.5. The Morgan fingerprint density at radius 2 is 2.09 bits per heavy atom. The molecule has 0 saturated carbocycles. The molecule has 0 aromatic carbocycles. The Morgan fingerprint density at radius 3 is 2.36 bits per heavy atom. The van der Waals surface area contributed by atoms with Crippen molar-refractivity contribution >= 4 is 11.8 Å². The van der Waals surface area contributed by atoms with Crippen LogP contribution in [0.15, 0.2) is 0 Å². The van der Waals surface area contributed by atoms with Gasteiger partial charge in [0.2, 0.25) is 0 Å². The number of hydrogen-bond donors (Lipinski definition) is 2. The summed E-state index contributed by atoms with van der Waals surface area (Å²) in [6, 6.07) is -0.314. The minimum absolute atomic E-state index is 0.0197. The molecule has 0 rings (SSSR count). The topological polar surface area (TPSA) is 66.4 Å². The highest BCUT2D eigenvalue weighted by atomic mass is 16.4. The van der Waals surface area contributed by atoms with Gasteiger partial charge in [0.05, 0.1) is 6.04 Å². The van der Waals surface area contributed by atoms with Crippen molar-refractivity contribution in [2.24, 2.45) is 0 Å². The smallest absolute Gasteiger partial charge is 0.303 e. The average molecular weight is 159 g/mol. The Hall–Kier alpha value is -0.900. The zero-order valence-corrected chi connectivity index (χ0v) is 6.76. The van der Waals surface area contributed by atoms with Crippen molar-refractivity contribution in [2.75, 3.05) is 7.05 Å². The van der Waals surface area contributed by atoms with Crippen LogP contribution in [0, 0.1) is 0 Å². The van der Waals surface area contributed by atoms with E-state index in [1.165, 1.54) is 6.92 Å². The lowest BCUT2D eigenvalue weighted by Crippen LogP contribution is -2.32. The van der Waals surface area contributed by atoms with Gasteiger partial charge in [-0.25, -0.2) is 0 Å². The van der Waals surface area contributed by atoms with E-state index in [0.29, 0.717) is 6.42 Å². The highest BCUT2D eigenvalue weighted by Gasteiger charge is 2.12. The molecule has 4 heteroatoms. The molecule has 0 saturated heterocycles. The van der Waals surface area contributed by atoms with Crippen molar-refractivity contribution in [3.8, 4) is 0 Å². The molecule has 11 heavy (non-hydrogen) atoms. The molecule has 64 valence electrons. The largest absolute Gasteiger partial charge is 0.481 e. The van der Waals surface area contributed by atoms with Crippen molar-refractivity contribution in [1.82, 2.24) is 5.32 Å². The predicted octanol–water partition coefficient (Wildman–Crippen LogP) is 0.0282. The first-order chi connectivity index (χ1) is 5.07. The van der Waals surface area contributed by atoms with Crippen LogP contribution in [-0.2, 0) is 9.59 Å². The quantitative estimate of drug-likeness (QED) is 0.594. The number of carbonyl (C=O) groups excluding carboxylic acids is 1. The summed E-state index contributed by atoms with van der Waals surface area (Å²) in [5.74, 6) is -0.889. The van der Waals surface area contributed by atoms with Gasteiger partial charge in [-0.05, 0) is 20.4 Å². The van der Waals surface area contributed by atoms with Gasteiger partial charge >= 0.3 is 5.97 Å². The number of likely N-dealkylation sites (N-methyl/N-ethyl adjacent to an activating group) is 1. The zero-order chi connectivity index (χ0) is 8.85. The maximum atomic E-state index is 10.7. The van der Waals surface area contributed by atoms with Crippen molar-refractivity contribution in [2.45, 2.75) is 25.8 Å². The molecule has 0 spiro atoms. The first kappa shape index (κ1) is 10.1. The van der Waals surface area contributed by atoms with Crippen LogP contribution in [0.4, 0.5) is 0 Å². The van der Waals surface area contributed by atoms with Gasteiger partial charge in [0, 0.05) is 6.42 Å². The van der Waals surface area contributed by atoms with E-state index in [1.807, 2.05) is 0 Å². The van der Waals surface area contributed by atoms with Gasteiger partial charge in [0.15, 0.2) is 0 Å². The Kier molecular flexibility index (Phi) is 4.45. The Bertz CT molecular complexity index is 156. The first-order valence-corrected chi connectivity index (χ1v) is 3.47. The van der Waals surface area contributed by atoms with E-state index in [0.717, 1.165) is 0 Å². The molecule has 0 heterocycles. The van der Waals surface area contributed by atoms with Gasteiger partial charge in [-0.1, -0.05) is 0 Å². The summed E-state index contributed by atoms with van der Waals surface area (Å²) >= 11 is 0. The number of ketones is 1. The van der Waals surface area contributed by atoms with Crippen LogP contribution in [0.2, 0.25) is 0 Å². The molecule has 0 unspecified atom stereocenters. The van der Waals surface area contributed by atoms with Crippen LogP contribution in [0.1, 0.15) is 19.8 Å². The van der Waals surface area contributed by atoms with E-state index in [9.17, 15) is 9.59 Å². The van der Waals surface area contributed by atoms with Crippen LogP contribution < -0.4 is 5.32 Å². The Labute approximate surface area is 65.6 Å². The molecule has 0 bridgehead atoms. The van der Waals surface area contributed by atoms with E-state index < -0.39 is 5.97 Å². The van der Waals surface area contributed by atoms with Gasteiger partial charge in [0.1, 0.15) is 5.78 Å². The van der Waals surface area contributed by atoms with Crippen LogP contribution in [0.5, 0.6) is 0 Å². The molecule has 0 fully saturated rings. The van der Waals surface area contributed by atoms with Crippen LogP contribution in [0.3, 0.4) is 0 Å². The highest BCUT2D eigenvalue weighted by molar-refractivity contribution is 5.82. The molecule has 0 amide bonds. The summed E-state index contributed by atoms with van der Waals surface area (Å²) in [6.07, 6.45) is 0.395. The van der Waals surface area contributed by atoms with Crippen molar-refractivity contribution in [3.05, 3.63) is 0 Å². The number of hydrogen-bond acceptors (Lipinski definition) is 3. The fourth-order valence-corrected chi connectivity index (χ4v) is 0.819. The third-order valence-corrected chi connectivity index (χ3v) is 1.49. The number of carbonyl (C=O) groups is 2. The van der Waals surface area contributed by atoms with Gasteiger partial charge in [0.25, 0.3) is 0 Å². The molecule has 2 N–H and O–H groups in total. The monoisotopic (exact) mass is 159 g/mol. The molecule has 1 atom stereocenters. The van der Waals surface area contributed by atoms with Crippen LogP contribution >= 0.6 is 0 Å². The third-order valence-electron chi connectivity index (χ3n) is 1.49. The number of aliphatic carboxylic acids is 1. The minimum Gasteiger partial charge on any atom is -0.481 e. The third kappa shape index (κ3) is 4.50. The maximum absolute atomic E-state index is 10.7. The number of carboxylic acids is 1. The molecule has 0 aromatic heterocycles. The molecule has 0 aliphatic carbocycles. The molecule has 0 aliphatic heterocycles. The SMILES string of the molecule is CN[C@H](CCC(=O)O)C(C)=O. The van der Waals surface area contributed by atoms with Gasteiger partial charge < -0.3 is 10.4 Å². The summed E-state index contributed by atoms with van der Waals surface area (Å²) in [7, 11) is 1.65. The Morgan fingerprint density at radius 1 is 1.55 bits per heavy atom. The predicted molar refractivity (Wildman–Crippen MR) is 40.4 cm³/mol. The average Bonchev–Trinajstić information content (AvgIpc) is 1.87. The fraction of sp³-hybridized carbons (Fsp3) is 0.714. The summed E-state index contributed by atoms with van der Waals surface area (Å²) in [5.41, 5.74) is 0. The van der Waals surface area contributed by atoms with Gasteiger partial charge in [-0.15, -0.1) is 0 Å². The lowest BCUT2D eigenvalue weighted by Gasteiger charge is -2.09. The molecule has 4 nitrogen and oxygen atoms in total. The summed E-state index contributed by atoms with van der Waals surface area (Å²) in [6.45, 7) is 1.45. The number of Topliss-reactive ketones (excluding diaryl/α,β-unsaturated/α-hetero) is 1. The van der Waals surface area contributed by atoms with Crippen LogP contribution in [-0.4, -0.2) is 29.9 Å². The van der Waals surface area contributed by atoms with Gasteiger partial charge in [-0.3, -0.25) is 9.59 Å². The molecule has 0 aromatic rings. The highest BCUT2D eigenvalue weighted by Crippen LogP contribution is 1.97. The standard InChI is InChI=1S/C7H13NO3/c1-5(9)6(8-2)3-4-7(10)11/h6,8H,3-4H2,1-2H3,(H,10,11)/t6-/m1/s1. The summed E-state index contributed by atoms with van der Waals surface area (Å²) in [4.78, 5) is 20.8. The van der Waals surface area contributed by atoms with E-state index in [1.54, 1.807) is 7.05 Å². The number of rotatable bonds is 5. The lowest BCUT2D eigenvalue weighted by atomic mass is 10.1. The molecular weight excluding hydrogens is 146 g/mol. The number of carboxylic acid groups (broad SMARTS) is 1. The molecule has 0 radical (unpaired) electrons.